The highest BCUT2D eigenvalue weighted by Gasteiger charge is 2.12. The van der Waals surface area contributed by atoms with E-state index in [-0.39, 0.29) is 11.3 Å². The summed E-state index contributed by atoms with van der Waals surface area (Å²) >= 11 is 2.19. The lowest BCUT2D eigenvalue weighted by Gasteiger charge is -2.12. The third-order valence-corrected chi connectivity index (χ3v) is 5.17. The van der Waals surface area contributed by atoms with E-state index in [0.29, 0.717) is 22.3 Å². The SMILES string of the molecule is Cc1ccc(-n2c(C=Cc3ccccc3O)nc3ccc(I)cc3c2=O)cc1. The molecule has 0 fully saturated rings. The van der Waals surface area contributed by atoms with Crippen molar-refractivity contribution in [1.29, 1.82) is 0 Å². The van der Waals surface area contributed by atoms with E-state index in [9.17, 15) is 9.90 Å². The van der Waals surface area contributed by atoms with Crippen molar-refractivity contribution >= 4 is 45.6 Å². The van der Waals surface area contributed by atoms with Crippen LogP contribution in [0.2, 0.25) is 0 Å². The number of halogens is 1. The molecule has 4 nitrogen and oxygen atoms in total. The van der Waals surface area contributed by atoms with Gasteiger partial charge in [-0.15, -0.1) is 0 Å². The van der Waals surface area contributed by atoms with Gasteiger partial charge in [0.25, 0.3) is 5.56 Å². The number of fused-ring (bicyclic) bond motifs is 1. The van der Waals surface area contributed by atoms with Gasteiger partial charge in [-0.2, -0.15) is 0 Å². The van der Waals surface area contributed by atoms with Crippen LogP contribution in [-0.2, 0) is 0 Å². The van der Waals surface area contributed by atoms with Crippen molar-refractivity contribution in [3.8, 4) is 11.4 Å². The van der Waals surface area contributed by atoms with Gasteiger partial charge in [-0.05, 0) is 78.1 Å². The summed E-state index contributed by atoms with van der Waals surface area (Å²) in [6.07, 6.45) is 3.52. The van der Waals surface area contributed by atoms with Crippen LogP contribution in [0.3, 0.4) is 0 Å². The number of aromatic nitrogens is 2. The van der Waals surface area contributed by atoms with E-state index in [1.807, 2.05) is 61.5 Å². The molecule has 1 heterocycles. The predicted octanol–water partition coefficient (Wildman–Crippen LogP) is 5.17. The molecule has 4 rings (SSSR count). The minimum absolute atomic E-state index is 0.121. The van der Waals surface area contributed by atoms with Gasteiger partial charge in [-0.3, -0.25) is 9.36 Å². The van der Waals surface area contributed by atoms with Crippen molar-refractivity contribution in [2.45, 2.75) is 6.92 Å². The lowest BCUT2D eigenvalue weighted by molar-refractivity contribution is 0.474. The van der Waals surface area contributed by atoms with Crippen LogP contribution in [0, 0.1) is 10.5 Å². The molecule has 138 valence electrons. The number of hydrogen-bond donors (Lipinski definition) is 1. The van der Waals surface area contributed by atoms with Crippen molar-refractivity contribution in [2.75, 3.05) is 0 Å². The zero-order valence-electron chi connectivity index (χ0n) is 15.1. The first kappa shape index (κ1) is 18.4. The molecule has 0 atom stereocenters. The van der Waals surface area contributed by atoms with Gasteiger partial charge in [0.2, 0.25) is 0 Å². The number of aryl methyl sites for hydroxylation is 1. The van der Waals surface area contributed by atoms with E-state index < -0.39 is 0 Å². The maximum atomic E-state index is 13.3. The molecule has 5 heteroatoms. The Bertz CT molecular complexity index is 1260. The fourth-order valence-corrected chi connectivity index (χ4v) is 3.51. The number of aromatic hydroxyl groups is 1. The molecule has 0 aliphatic carbocycles. The molecule has 4 aromatic rings. The second kappa shape index (κ2) is 7.59. The highest BCUT2D eigenvalue weighted by Crippen LogP contribution is 2.21. The van der Waals surface area contributed by atoms with Gasteiger partial charge in [0.1, 0.15) is 11.6 Å². The van der Waals surface area contributed by atoms with Gasteiger partial charge in [0, 0.05) is 9.13 Å². The van der Waals surface area contributed by atoms with Crippen molar-refractivity contribution in [3.63, 3.8) is 0 Å². The normalized spacial score (nSPS) is 11.4. The Morgan fingerprint density at radius 3 is 2.50 bits per heavy atom. The molecule has 1 N–H and O–H groups in total. The van der Waals surface area contributed by atoms with E-state index in [1.54, 1.807) is 28.9 Å². The summed E-state index contributed by atoms with van der Waals surface area (Å²) in [6, 6.07) is 20.5. The van der Waals surface area contributed by atoms with Crippen LogP contribution in [0.25, 0.3) is 28.7 Å². The number of nitrogens with zero attached hydrogens (tertiary/aromatic N) is 2. The number of phenolic OH excluding ortho intramolecular Hbond substituents is 1. The first-order valence-corrected chi connectivity index (χ1v) is 9.86. The molecular weight excluding hydrogens is 463 g/mol. The van der Waals surface area contributed by atoms with Gasteiger partial charge in [0.05, 0.1) is 16.6 Å². The van der Waals surface area contributed by atoms with Gasteiger partial charge >= 0.3 is 0 Å². The van der Waals surface area contributed by atoms with Crippen LogP contribution in [0.5, 0.6) is 5.75 Å². The smallest absolute Gasteiger partial charge is 0.266 e. The van der Waals surface area contributed by atoms with Crippen LogP contribution in [0.1, 0.15) is 17.0 Å². The van der Waals surface area contributed by atoms with Crippen molar-refractivity contribution in [3.05, 3.63) is 97.6 Å². The monoisotopic (exact) mass is 480 g/mol. The highest BCUT2D eigenvalue weighted by atomic mass is 127. The maximum Gasteiger partial charge on any atom is 0.266 e. The first-order valence-electron chi connectivity index (χ1n) is 8.78. The maximum absolute atomic E-state index is 13.3. The average molecular weight is 480 g/mol. The summed E-state index contributed by atoms with van der Waals surface area (Å²) in [5.41, 5.74) is 3.05. The fourth-order valence-electron chi connectivity index (χ4n) is 3.02. The van der Waals surface area contributed by atoms with Crippen molar-refractivity contribution in [1.82, 2.24) is 9.55 Å². The van der Waals surface area contributed by atoms with E-state index in [2.05, 4.69) is 22.6 Å². The van der Waals surface area contributed by atoms with Gasteiger partial charge in [-0.25, -0.2) is 4.98 Å². The number of benzene rings is 3. The Balaban J connectivity index is 1.97. The van der Waals surface area contributed by atoms with Crippen LogP contribution >= 0.6 is 22.6 Å². The van der Waals surface area contributed by atoms with Crippen LogP contribution in [0.4, 0.5) is 0 Å². The Kier molecular flexibility index (Phi) is 5.00. The molecule has 0 amide bonds. The summed E-state index contributed by atoms with van der Waals surface area (Å²) in [5, 5.41) is 10.6. The first-order chi connectivity index (χ1) is 13.5. The average Bonchev–Trinajstić information content (AvgIpc) is 2.69. The van der Waals surface area contributed by atoms with E-state index in [0.717, 1.165) is 14.8 Å². The molecular formula is C23H17IN2O2. The molecule has 0 radical (unpaired) electrons. The third-order valence-electron chi connectivity index (χ3n) is 4.50. The molecule has 3 aromatic carbocycles. The van der Waals surface area contributed by atoms with Gasteiger partial charge in [0.15, 0.2) is 0 Å². The van der Waals surface area contributed by atoms with Crippen molar-refractivity contribution < 1.29 is 5.11 Å². The Labute approximate surface area is 175 Å². The molecule has 28 heavy (non-hydrogen) atoms. The molecule has 0 aliphatic rings. The topological polar surface area (TPSA) is 55.1 Å². The van der Waals surface area contributed by atoms with Crippen LogP contribution < -0.4 is 5.56 Å². The Morgan fingerprint density at radius 2 is 1.75 bits per heavy atom. The third kappa shape index (κ3) is 3.57. The van der Waals surface area contributed by atoms with Crippen LogP contribution in [0.15, 0.2) is 71.5 Å². The molecule has 0 unspecified atom stereocenters. The molecule has 0 bridgehead atoms. The van der Waals surface area contributed by atoms with E-state index in [1.165, 1.54) is 0 Å². The quantitative estimate of drug-likeness (QED) is 0.412. The molecule has 0 saturated carbocycles. The summed E-state index contributed by atoms with van der Waals surface area (Å²) < 4.78 is 2.59. The van der Waals surface area contributed by atoms with Gasteiger partial charge in [-0.1, -0.05) is 35.9 Å². The summed E-state index contributed by atoms with van der Waals surface area (Å²) in [5.74, 6) is 0.684. The highest BCUT2D eigenvalue weighted by molar-refractivity contribution is 14.1. The zero-order chi connectivity index (χ0) is 19.7. The number of rotatable bonds is 3. The minimum atomic E-state index is -0.121. The van der Waals surface area contributed by atoms with E-state index in [4.69, 9.17) is 4.98 Å². The Hall–Kier alpha value is -2.93. The second-order valence-corrected chi connectivity index (χ2v) is 7.75. The predicted molar refractivity (Wildman–Crippen MR) is 122 cm³/mol. The largest absolute Gasteiger partial charge is 0.507 e. The zero-order valence-corrected chi connectivity index (χ0v) is 17.3. The molecule has 1 aromatic heterocycles. The molecule has 0 saturated heterocycles. The summed E-state index contributed by atoms with van der Waals surface area (Å²) in [4.78, 5) is 18.0. The molecule has 0 aliphatic heterocycles. The minimum Gasteiger partial charge on any atom is -0.507 e. The fraction of sp³-hybridized carbons (Fsp3) is 0.0435. The summed E-state index contributed by atoms with van der Waals surface area (Å²) in [6.45, 7) is 2.01. The number of phenols is 1. The number of hydrogen-bond acceptors (Lipinski definition) is 3. The second-order valence-electron chi connectivity index (χ2n) is 6.50. The number of para-hydroxylation sites is 1. The van der Waals surface area contributed by atoms with Gasteiger partial charge < -0.3 is 5.11 Å². The summed E-state index contributed by atoms with van der Waals surface area (Å²) in [7, 11) is 0. The Morgan fingerprint density at radius 1 is 1.00 bits per heavy atom. The van der Waals surface area contributed by atoms with Crippen molar-refractivity contribution in [2.24, 2.45) is 0 Å². The lowest BCUT2D eigenvalue weighted by atomic mass is 10.1. The standard InChI is InChI=1S/C23H17IN2O2/c1-15-6-10-18(11-7-15)26-22(13-8-16-4-2-3-5-21(16)27)25-20-12-9-17(24)14-19(20)23(26)28/h2-14,27H,1H3. The van der Waals surface area contributed by atoms with E-state index >= 15 is 0 Å². The van der Waals surface area contributed by atoms with Crippen LogP contribution in [-0.4, -0.2) is 14.7 Å². The lowest BCUT2D eigenvalue weighted by Crippen LogP contribution is -2.22. The molecule has 0 spiro atoms.